The van der Waals surface area contributed by atoms with Gasteiger partial charge in [-0.2, -0.15) is 0 Å². The van der Waals surface area contributed by atoms with Crippen LogP contribution < -0.4 is 5.32 Å². The molecule has 7 nitrogen and oxygen atoms in total. The molecular formula is C17H14N4O3. The first-order valence-corrected chi connectivity index (χ1v) is 7.40. The van der Waals surface area contributed by atoms with E-state index < -0.39 is 5.97 Å². The van der Waals surface area contributed by atoms with Gasteiger partial charge in [-0.05, 0) is 12.1 Å². The minimum Gasteiger partial charge on any atom is -0.468 e. The van der Waals surface area contributed by atoms with Crippen molar-refractivity contribution in [1.82, 2.24) is 20.5 Å². The highest BCUT2D eigenvalue weighted by atomic mass is 16.5. The van der Waals surface area contributed by atoms with E-state index in [2.05, 4.69) is 25.2 Å². The second kappa shape index (κ2) is 5.38. The lowest BCUT2D eigenvalue weighted by Crippen LogP contribution is -2.30. The van der Waals surface area contributed by atoms with Crippen LogP contribution in [-0.2, 0) is 9.53 Å². The number of hydrogen-bond acceptors (Lipinski definition) is 4. The van der Waals surface area contributed by atoms with E-state index in [-0.39, 0.29) is 12.5 Å². The Morgan fingerprint density at radius 1 is 1.21 bits per heavy atom. The number of hydrogen-bond donors (Lipinski definition) is 3. The number of fused-ring (bicyclic) bond motifs is 5. The predicted molar refractivity (Wildman–Crippen MR) is 89.8 cm³/mol. The fourth-order valence-electron chi connectivity index (χ4n) is 2.82. The average Bonchev–Trinajstić information content (AvgIpc) is 3.22. The molecular weight excluding hydrogens is 308 g/mol. The Labute approximate surface area is 136 Å². The number of aromatic amines is 2. The van der Waals surface area contributed by atoms with Gasteiger partial charge in [-0.25, -0.2) is 4.98 Å². The second-order valence-corrected chi connectivity index (χ2v) is 5.44. The van der Waals surface area contributed by atoms with Crippen molar-refractivity contribution in [3.8, 4) is 0 Å². The molecule has 0 aliphatic rings. The molecule has 0 bridgehead atoms. The summed E-state index contributed by atoms with van der Waals surface area (Å²) in [7, 11) is 1.28. The van der Waals surface area contributed by atoms with Crippen molar-refractivity contribution < 1.29 is 14.3 Å². The average molecular weight is 322 g/mol. The number of aromatic nitrogens is 3. The van der Waals surface area contributed by atoms with E-state index in [1.807, 2.05) is 24.4 Å². The number of methoxy groups -OCH3 is 1. The molecule has 0 aliphatic carbocycles. The van der Waals surface area contributed by atoms with E-state index >= 15 is 0 Å². The molecule has 0 aliphatic heterocycles. The monoisotopic (exact) mass is 322 g/mol. The minimum absolute atomic E-state index is 0.164. The van der Waals surface area contributed by atoms with Crippen LogP contribution in [-0.4, -0.2) is 40.7 Å². The highest BCUT2D eigenvalue weighted by molar-refractivity contribution is 6.16. The van der Waals surface area contributed by atoms with Gasteiger partial charge >= 0.3 is 5.97 Å². The Kier molecular flexibility index (Phi) is 3.19. The molecule has 2 aromatic heterocycles. The van der Waals surface area contributed by atoms with Gasteiger partial charge in [0.25, 0.3) is 5.91 Å². The van der Waals surface area contributed by atoms with E-state index in [0.29, 0.717) is 5.56 Å². The fraction of sp³-hybridized carbons (Fsp3) is 0.118. The van der Waals surface area contributed by atoms with Crippen LogP contribution in [0.4, 0.5) is 0 Å². The SMILES string of the molecule is COC(=O)CNC(=O)c1ccc2c(c1)nc1c2ccc2c[nH][nH]c21. The van der Waals surface area contributed by atoms with Gasteiger partial charge in [0, 0.05) is 27.9 Å². The lowest BCUT2D eigenvalue weighted by molar-refractivity contribution is -0.139. The van der Waals surface area contributed by atoms with Crippen LogP contribution in [0.3, 0.4) is 0 Å². The van der Waals surface area contributed by atoms with Gasteiger partial charge in [0.2, 0.25) is 0 Å². The lowest BCUT2D eigenvalue weighted by atomic mass is 10.1. The fourth-order valence-corrected chi connectivity index (χ4v) is 2.82. The predicted octanol–water partition coefficient (Wildman–Crippen LogP) is 2.10. The Morgan fingerprint density at radius 2 is 2.04 bits per heavy atom. The molecule has 0 saturated carbocycles. The van der Waals surface area contributed by atoms with E-state index in [1.165, 1.54) is 7.11 Å². The van der Waals surface area contributed by atoms with Gasteiger partial charge in [-0.15, -0.1) is 0 Å². The molecule has 3 N–H and O–H groups in total. The third-order valence-electron chi connectivity index (χ3n) is 4.04. The molecule has 4 rings (SSSR count). The van der Waals surface area contributed by atoms with E-state index in [0.717, 1.165) is 32.7 Å². The van der Waals surface area contributed by atoms with Crippen LogP contribution in [0.15, 0.2) is 36.5 Å². The number of amides is 1. The van der Waals surface area contributed by atoms with Crippen LogP contribution in [0.1, 0.15) is 10.4 Å². The van der Waals surface area contributed by atoms with E-state index in [1.54, 1.807) is 12.1 Å². The van der Waals surface area contributed by atoms with Gasteiger partial charge in [-0.3, -0.25) is 14.7 Å². The summed E-state index contributed by atoms with van der Waals surface area (Å²) in [5.41, 5.74) is 2.97. The molecule has 2 heterocycles. The Morgan fingerprint density at radius 3 is 2.88 bits per heavy atom. The van der Waals surface area contributed by atoms with Crippen LogP contribution >= 0.6 is 0 Å². The quantitative estimate of drug-likeness (QED) is 0.503. The van der Waals surface area contributed by atoms with E-state index in [4.69, 9.17) is 0 Å². The number of rotatable bonds is 3. The van der Waals surface area contributed by atoms with Crippen LogP contribution in [0.2, 0.25) is 0 Å². The molecule has 2 aromatic carbocycles. The molecule has 0 radical (unpaired) electrons. The zero-order valence-electron chi connectivity index (χ0n) is 12.8. The van der Waals surface area contributed by atoms with Crippen molar-refractivity contribution in [2.24, 2.45) is 0 Å². The Bertz CT molecular complexity index is 1090. The zero-order valence-corrected chi connectivity index (χ0v) is 12.8. The van der Waals surface area contributed by atoms with Crippen LogP contribution in [0.5, 0.6) is 0 Å². The zero-order chi connectivity index (χ0) is 16.7. The topological polar surface area (TPSA) is 99.9 Å². The molecule has 1 amide bonds. The maximum Gasteiger partial charge on any atom is 0.325 e. The normalized spacial score (nSPS) is 11.2. The van der Waals surface area contributed by atoms with Crippen molar-refractivity contribution >= 4 is 44.6 Å². The number of benzene rings is 2. The van der Waals surface area contributed by atoms with Crippen molar-refractivity contribution in [2.45, 2.75) is 0 Å². The van der Waals surface area contributed by atoms with Crippen molar-refractivity contribution in [3.05, 3.63) is 42.1 Å². The summed E-state index contributed by atoms with van der Waals surface area (Å²) in [5, 5.41) is 11.6. The highest BCUT2D eigenvalue weighted by Gasteiger charge is 2.13. The molecule has 4 aromatic rings. The number of ether oxygens (including phenoxy) is 1. The van der Waals surface area contributed by atoms with Crippen LogP contribution in [0, 0.1) is 0 Å². The maximum atomic E-state index is 12.1. The van der Waals surface area contributed by atoms with Gasteiger partial charge in [-0.1, -0.05) is 18.2 Å². The molecule has 0 spiro atoms. The highest BCUT2D eigenvalue weighted by Crippen LogP contribution is 2.30. The number of nitrogens with one attached hydrogen (secondary N) is 3. The molecule has 0 unspecified atom stereocenters. The third kappa shape index (κ3) is 2.18. The summed E-state index contributed by atoms with van der Waals surface area (Å²) >= 11 is 0. The number of H-pyrrole nitrogens is 2. The Balaban J connectivity index is 1.76. The van der Waals surface area contributed by atoms with Gasteiger partial charge in [0.1, 0.15) is 6.54 Å². The van der Waals surface area contributed by atoms with Crippen molar-refractivity contribution in [2.75, 3.05) is 13.7 Å². The number of nitrogens with zero attached hydrogens (tertiary/aromatic N) is 1. The van der Waals surface area contributed by atoms with Gasteiger partial charge in [0.05, 0.1) is 23.7 Å². The van der Waals surface area contributed by atoms with Crippen molar-refractivity contribution in [1.29, 1.82) is 0 Å². The Hall–Kier alpha value is -3.35. The first-order chi connectivity index (χ1) is 11.7. The summed E-state index contributed by atoms with van der Waals surface area (Å²) < 4.78 is 4.51. The summed E-state index contributed by atoms with van der Waals surface area (Å²) in [6.07, 6.45) is 1.87. The number of carbonyl (C=O) groups excluding carboxylic acids is 2. The summed E-state index contributed by atoms with van der Waals surface area (Å²) in [4.78, 5) is 27.9. The molecule has 0 atom stereocenters. The number of esters is 1. The largest absolute Gasteiger partial charge is 0.468 e. The van der Waals surface area contributed by atoms with Gasteiger partial charge < -0.3 is 15.2 Å². The minimum atomic E-state index is -0.494. The molecule has 0 fully saturated rings. The van der Waals surface area contributed by atoms with Gasteiger partial charge in [0.15, 0.2) is 0 Å². The maximum absolute atomic E-state index is 12.1. The van der Waals surface area contributed by atoms with Crippen molar-refractivity contribution in [3.63, 3.8) is 0 Å². The summed E-state index contributed by atoms with van der Waals surface area (Å²) in [5.74, 6) is -0.834. The number of carbonyl (C=O) groups is 2. The second-order valence-electron chi connectivity index (χ2n) is 5.44. The molecule has 24 heavy (non-hydrogen) atoms. The summed E-state index contributed by atoms with van der Waals surface area (Å²) in [6, 6.07) is 9.35. The summed E-state index contributed by atoms with van der Waals surface area (Å²) in [6.45, 7) is -0.164. The third-order valence-corrected chi connectivity index (χ3v) is 4.04. The molecule has 0 saturated heterocycles. The molecule has 120 valence electrons. The molecule has 7 heteroatoms. The lowest BCUT2D eigenvalue weighted by Gasteiger charge is -2.03. The smallest absolute Gasteiger partial charge is 0.325 e. The van der Waals surface area contributed by atoms with E-state index in [9.17, 15) is 9.59 Å². The van der Waals surface area contributed by atoms with Crippen LogP contribution in [0.25, 0.3) is 32.7 Å². The standard InChI is InChI=1S/C17H14N4O3/c1-24-14(22)8-18-17(23)9-2-4-11-12-5-3-10-7-19-21-15(10)16(12)20-13(11)6-9/h2-7,19,21H,8H2,1H3,(H,18,23). The first-order valence-electron chi connectivity index (χ1n) is 7.40. The first kappa shape index (κ1) is 14.3.